The van der Waals surface area contributed by atoms with E-state index in [1.165, 1.54) is 18.9 Å². The molecule has 1 saturated heterocycles. The highest BCUT2D eigenvalue weighted by atomic mass is 35.5. The highest BCUT2D eigenvalue weighted by Crippen LogP contribution is 2.32. The molecular weight excluding hydrogens is 325 g/mol. The summed E-state index contributed by atoms with van der Waals surface area (Å²) in [5.74, 6) is 0.875. The van der Waals surface area contributed by atoms with E-state index in [4.69, 9.17) is 11.6 Å². The Kier molecular flexibility index (Phi) is 5.19. The van der Waals surface area contributed by atoms with Gasteiger partial charge >= 0.3 is 6.18 Å². The van der Waals surface area contributed by atoms with Crippen molar-refractivity contribution in [2.75, 3.05) is 19.6 Å². The van der Waals surface area contributed by atoms with E-state index < -0.39 is 11.7 Å². The third kappa shape index (κ3) is 5.10. The summed E-state index contributed by atoms with van der Waals surface area (Å²) < 4.78 is 38.6. The first-order valence-electron chi connectivity index (χ1n) is 8.22. The average Bonchev–Trinajstić information content (AvgIpc) is 3.29. The van der Waals surface area contributed by atoms with E-state index in [-0.39, 0.29) is 5.02 Å². The van der Waals surface area contributed by atoms with Gasteiger partial charge in [0, 0.05) is 17.6 Å². The minimum absolute atomic E-state index is 0.149. The molecule has 0 radical (unpaired) electrons. The van der Waals surface area contributed by atoms with Crippen LogP contribution >= 0.6 is 11.6 Å². The van der Waals surface area contributed by atoms with Gasteiger partial charge in [-0.05, 0) is 75.0 Å². The molecule has 3 rings (SSSR count). The number of rotatable bonds is 5. The van der Waals surface area contributed by atoms with Crippen molar-refractivity contribution in [2.45, 2.75) is 44.4 Å². The van der Waals surface area contributed by atoms with Gasteiger partial charge in [0.15, 0.2) is 0 Å². The number of benzene rings is 1. The molecule has 2 fully saturated rings. The highest BCUT2D eigenvalue weighted by Gasteiger charge is 2.31. The number of hydrogen-bond acceptors (Lipinski definition) is 2. The van der Waals surface area contributed by atoms with Gasteiger partial charge in [-0.15, -0.1) is 0 Å². The Bertz CT molecular complexity index is 535. The quantitative estimate of drug-likeness (QED) is 0.854. The Balaban J connectivity index is 1.52. The lowest BCUT2D eigenvalue weighted by molar-refractivity contribution is -0.137. The minimum Gasteiger partial charge on any atom is -0.314 e. The number of hydrogen-bond donors (Lipinski definition) is 1. The number of nitrogens with zero attached hydrogens (tertiary/aromatic N) is 1. The third-order valence-corrected chi connectivity index (χ3v) is 4.89. The Morgan fingerprint density at radius 3 is 2.39 bits per heavy atom. The number of nitrogens with one attached hydrogen (secondary N) is 1. The maximum atomic E-state index is 12.9. The predicted octanol–water partition coefficient (Wildman–Crippen LogP) is 4.32. The molecule has 1 aromatic carbocycles. The van der Waals surface area contributed by atoms with Crippen LogP contribution in [0.5, 0.6) is 0 Å². The van der Waals surface area contributed by atoms with Crippen LogP contribution in [0, 0.1) is 5.92 Å². The topological polar surface area (TPSA) is 15.3 Å². The van der Waals surface area contributed by atoms with Gasteiger partial charge < -0.3 is 5.32 Å². The fourth-order valence-electron chi connectivity index (χ4n) is 3.11. The molecule has 2 nitrogen and oxygen atoms in total. The second-order valence-electron chi connectivity index (χ2n) is 6.75. The molecule has 1 heterocycles. The number of likely N-dealkylation sites (tertiary alicyclic amines) is 1. The van der Waals surface area contributed by atoms with Crippen LogP contribution in [-0.2, 0) is 12.7 Å². The molecule has 2 aliphatic rings. The summed E-state index contributed by atoms with van der Waals surface area (Å²) >= 11 is 5.85. The van der Waals surface area contributed by atoms with Crippen LogP contribution in [-0.4, -0.2) is 30.6 Å². The first-order chi connectivity index (χ1) is 10.9. The Hall–Kier alpha value is -0.780. The highest BCUT2D eigenvalue weighted by molar-refractivity contribution is 6.30. The van der Waals surface area contributed by atoms with Gasteiger partial charge in [-0.1, -0.05) is 11.6 Å². The van der Waals surface area contributed by atoms with Crippen LogP contribution in [0.1, 0.15) is 36.8 Å². The summed E-state index contributed by atoms with van der Waals surface area (Å²) in [5, 5.41) is 3.76. The molecule has 1 N–H and O–H groups in total. The maximum Gasteiger partial charge on any atom is 0.416 e. The Labute approximate surface area is 140 Å². The van der Waals surface area contributed by atoms with Gasteiger partial charge in [0.25, 0.3) is 0 Å². The molecule has 1 aliphatic carbocycles. The van der Waals surface area contributed by atoms with Crippen molar-refractivity contribution in [1.82, 2.24) is 10.2 Å². The second-order valence-corrected chi connectivity index (χ2v) is 7.18. The predicted molar refractivity (Wildman–Crippen MR) is 85.5 cm³/mol. The molecule has 1 aliphatic heterocycles. The largest absolute Gasteiger partial charge is 0.416 e. The van der Waals surface area contributed by atoms with E-state index in [0.717, 1.165) is 44.5 Å². The van der Waals surface area contributed by atoms with Gasteiger partial charge in [0.1, 0.15) is 0 Å². The molecule has 1 aromatic rings. The van der Waals surface area contributed by atoms with E-state index in [1.54, 1.807) is 6.07 Å². The van der Waals surface area contributed by atoms with Crippen LogP contribution in [0.25, 0.3) is 0 Å². The molecule has 0 aromatic heterocycles. The molecule has 0 spiro atoms. The molecular formula is C17H22ClF3N2. The van der Waals surface area contributed by atoms with Gasteiger partial charge in [0.2, 0.25) is 0 Å². The number of halogens is 4. The van der Waals surface area contributed by atoms with Crippen molar-refractivity contribution in [3.05, 3.63) is 34.3 Å². The molecule has 0 unspecified atom stereocenters. The SMILES string of the molecule is FC(F)(F)c1cc(Cl)cc(CN2CCC(NCC3CC3)CC2)c1. The summed E-state index contributed by atoms with van der Waals surface area (Å²) in [6, 6.07) is 4.38. The zero-order chi connectivity index (χ0) is 16.4. The van der Waals surface area contributed by atoms with Crippen molar-refractivity contribution in [3.8, 4) is 0 Å². The first-order valence-corrected chi connectivity index (χ1v) is 8.60. The minimum atomic E-state index is -4.35. The van der Waals surface area contributed by atoms with Crippen LogP contribution in [0.3, 0.4) is 0 Å². The zero-order valence-corrected chi connectivity index (χ0v) is 13.8. The van der Waals surface area contributed by atoms with E-state index in [1.807, 2.05) is 0 Å². The van der Waals surface area contributed by atoms with E-state index in [0.29, 0.717) is 18.2 Å². The summed E-state index contributed by atoms with van der Waals surface area (Å²) in [6.07, 6.45) is 0.461. The van der Waals surface area contributed by atoms with E-state index >= 15 is 0 Å². The van der Waals surface area contributed by atoms with E-state index in [2.05, 4.69) is 10.2 Å². The van der Waals surface area contributed by atoms with Crippen molar-refractivity contribution >= 4 is 11.6 Å². The van der Waals surface area contributed by atoms with Crippen molar-refractivity contribution in [2.24, 2.45) is 5.92 Å². The lowest BCUT2D eigenvalue weighted by atomic mass is 10.0. The van der Waals surface area contributed by atoms with Gasteiger partial charge in [0.05, 0.1) is 5.56 Å². The Morgan fingerprint density at radius 2 is 1.78 bits per heavy atom. The van der Waals surface area contributed by atoms with Crippen LogP contribution in [0.2, 0.25) is 5.02 Å². The summed E-state index contributed by atoms with van der Waals surface area (Å²) in [6.45, 7) is 3.47. The molecule has 128 valence electrons. The molecule has 0 amide bonds. The molecule has 23 heavy (non-hydrogen) atoms. The normalized spacial score (nSPS) is 20.9. The van der Waals surface area contributed by atoms with Crippen molar-refractivity contribution in [3.63, 3.8) is 0 Å². The van der Waals surface area contributed by atoms with E-state index in [9.17, 15) is 13.2 Å². The zero-order valence-electron chi connectivity index (χ0n) is 13.0. The van der Waals surface area contributed by atoms with Gasteiger partial charge in [-0.2, -0.15) is 13.2 Å². The first kappa shape index (κ1) is 17.1. The van der Waals surface area contributed by atoms with Crippen molar-refractivity contribution < 1.29 is 13.2 Å². The molecule has 6 heteroatoms. The van der Waals surface area contributed by atoms with Gasteiger partial charge in [-0.25, -0.2) is 0 Å². The average molecular weight is 347 g/mol. The third-order valence-electron chi connectivity index (χ3n) is 4.67. The van der Waals surface area contributed by atoms with Crippen molar-refractivity contribution in [1.29, 1.82) is 0 Å². The molecule has 1 saturated carbocycles. The fourth-order valence-corrected chi connectivity index (χ4v) is 3.37. The molecule has 0 bridgehead atoms. The standard InChI is InChI=1S/C17H22ClF3N2/c18-15-8-13(7-14(9-15)17(19,20)21)11-23-5-3-16(4-6-23)22-10-12-1-2-12/h7-9,12,16,22H,1-6,10-11H2. The van der Waals surface area contributed by atoms with Crippen LogP contribution in [0.4, 0.5) is 13.2 Å². The number of alkyl halides is 3. The second kappa shape index (κ2) is 6.99. The monoisotopic (exact) mass is 346 g/mol. The van der Waals surface area contributed by atoms with Crippen LogP contribution in [0.15, 0.2) is 18.2 Å². The molecule has 0 atom stereocenters. The smallest absolute Gasteiger partial charge is 0.314 e. The lowest BCUT2D eigenvalue weighted by Crippen LogP contribution is -2.42. The van der Waals surface area contributed by atoms with Gasteiger partial charge in [-0.3, -0.25) is 4.90 Å². The number of piperidine rings is 1. The maximum absolute atomic E-state index is 12.9. The summed E-state index contributed by atoms with van der Waals surface area (Å²) in [5.41, 5.74) is -0.0322. The fraction of sp³-hybridized carbons (Fsp3) is 0.647. The summed E-state index contributed by atoms with van der Waals surface area (Å²) in [4.78, 5) is 2.21. The summed E-state index contributed by atoms with van der Waals surface area (Å²) in [7, 11) is 0. The lowest BCUT2D eigenvalue weighted by Gasteiger charge is -2.32. The van der Waals surface area contributed by atoms with Crippen LogP contribution < -0.4 is 5.32 Å². The Morgan fingerprint density at radius 1 is 1.09 bits per heavy atom.